The number of urea groups is 1. The Morgan fingerprint density at radius 1 is 0.955 bits per heavy atom. The first-order valence-corrected chi connectivity index (χ1v) is 15.1. The molecule has 0 atom stereocenters. The first kappa shape index (κ1) is 31.0. The highest BCUT2D eigenvalue weighted by Gasteiger charge is 2.31. The van der Waals surface area contributed by atoms with Crippen LogP contribution >= 0.6 is 11.3 Å². The molecule has 0 unspecified atom stereocenters. The molecule has 0 saturated heterocycles. The van der Waals surface area contributed by atoms with E-state index in [0.717, 1.165) is 41.9 Å². The van der Waals surface area contributed by atoms with E-state index in [4.69, 9.17) is 5.11 Å². The number of hydrogen-bond acceptors (Lipinski definition) is 5. The third-order valence-electron chi connectivity index (χ3n) is 7.64. The summed E-state index contributed by atoms with van der Waals surface area (Å²) in [6.07, 6.45) is 1.21. The predicted molar refractivity (Wildman–Crippen MR) is 163 cm³/mol. The predicted octanol–water partition coefficient (Wildman–Crippen LogP) is 7.81. The Morgan fingerprint density at radius 3 is 2.32 bits per heavy atom. The SMILES string of the molecule is O=C(O)CCNC(=O)c1ccc(CN(C(=O)Nc2nc3cc(C(F)(F)F)ccc3s2)c2ccc(C3CCCCC3)cc2)cc1. The maximum absolute atomic E-state index is 13.6. The molecule has 0 bridgehead atoms. The van der Waals surface area contributed by atoms with E-state index in [9.17, 15) is 27.6 Å². The number of thiazole rings is 1. The summed E-state index contributed by atoms with van der Waals surface area (Å²) in [4.78, 5) is 42.5. The number of carboxylic acid groups (broad SMARTS) is 1. The molecular formula is C32H31F3N4O4S. The van der Waals surface area contributed by atoms with Crippen LogP contribution in [0.3, 0.4) is 0 Å². The van der Waals surface area contributed by atoms with Gasteiger partial charge in [-0.1, -0.05) is 54.9 Å². The minimum absolute atomic E-state index is 0.00397. The van der Waals surface area contributed by atoms with Crippen LogP contribution in [0, 0.1) is 0 Å². The minimum Gasteiger partial charge on any atom is -0.481 e. The lowest BCUT2D eigenvalue weighted by molar-refractivity contribution is -0.138. The van der Waals surface area contributed by atoms with Gasteiger partial charge in [0.1, 0.15) is 0 Å². The number of carbonyl (C=O) groups is 3. The number of amides is 3. The number of nitrogens with zero attached hydrogens (tertiary/aromatic N) is 2. The van der Waals surface area contributed by atoms with Gasteiger partial charge in [-0.3, -0.25) is 19.8 Å². The van der Waals surface area contributed by atoms with E-state index in [2.05, 4.69) is 15.6 Å². The topological polar surface area (TPSA) is 112 Å². The van der Waals surface area contributed by atoms with Gasteiger partial charge in [0, 0.05) is 17.8 Å². The molecular weight excluding hydrogens is 593 g/mol. The van der Waals surface area contributed by atoms with Gasteiger partial charge in [0.15, 0.2) is 5.13 Å². The molecule has 44 heavy (non-hydrogen) atoms. The molecule has 3 amide bonds. The van der Waals surface area contributed by atoms with E-state index in [1.807, 2.05) is 24.3 Å². The average molecular weight is 625 g/mol. The zero-order chi connectivity index (χ0) is 31.3. The van der Waals surface area contributed by atoms with Gasteiger partial charge in [0.05, 0.1) is 28.7 Å². The van der Waals surface area contributed by atoms with Crippen LogP contribution in [0.25, 0.3) is 10.2 Å². The molecule has 0 spiro atoms. The fourth-order valence-corrected chi connectivity index (χ4v) is 6.12. The molecule has 230 valence electrons. The monoisotopic (exact) mass is 624 g/mol. The molecule has 8 nitrogen and oxygen atoms in total. The second-order valence-corrected chi connectivity index (χ2v) is 11.8. The Kier molecular flexibility index (Phi) is 9.48. The van der Waals surface area contributed by atoms with Crippen molar-refractivity contribution in [1.29, 1.82) is 0 Å². The van der Waals surface area contributed by atoms with Crippen LogP contribution in [-0.2, 0) is 17.5 Å². The molecule has 1 aliphatic carbocycles. The summed E-state index contributed by atoms with van der Waals surface area (Å²) in [7, 11) is 0. The van der Waals surface area contributed by atoms with Gasteiger partial charge in [-0.2, -0.15) is 13.2 Å². The molecule has 1 aliphatic rings. The van der Waals surface area contributed by atoms with E-state index in [1.54, 1.807) is 24.3 Å². The van der Waals surface area contributed by atoms with Crippen molar-refractivity contribution in [2.24, 2.45) is 0 Å². The number of carboxylic acids is 1. The lowest BCUT2D eigenvalue weighted by atomic mass is 9.84. The number of fused-ring (bicyclic) bond motifs is 1. The van der Waals surface area contributed by atoms with Crippen molar-refractivity contribution in [2.75, 3.05) is 16.8 Å². The molecule has 1 heterocycles. The fourth-order valence-electron chi connectivity index (χ4n) is 5.29. The van der Waals surface area contributed by atoms with Crippen molar-refractivity contribution in [1.82, 2.24) is 10.3 Å². The number of anilines is 2. The molecule has 5 rings (SSSR count). The van der Waals surface area contributed by atoms with Crippen LogP contribution in [0.15, 0.2) is 66.7 Å². The summed E-state index contributed by atoms with van der Waals surface area (Å²) in [5.41, 5.74) is 2.24. The van der Waals surface area contributed by atoms with Gasteiger partial charge in [0.25, 0.3) is 5.91 Å². The zero-order valence-corrected chi connectivity index (χ0v) is 24.5. The Hall–Kier alpha value is -4.45. The maximum atomic E-state index is 13.6. The standard InChI is InChI=1S/C32H31F3N4O4S/c33-32(34,35)24-12-15-27-26(18-24)37-30(44-27)38-31(43)39(25-13-10-22(11-14-25)21-4-2-1-3-5-21)19-20-6-8-23(9-7-20)29(42)36-17-16-28(40)41/h6-15,18,21H,1-5,16-17,19H2,(H,36,42)(H,40,41)(H,37,38,43). The molecule has 4 aromatic rings. The number of aliphatic carboxylic acids is 1. The molecule has 1 saturated carbocycles. The third-order valence-corrected chi connectivity index (χ3v) is 8.59. The summed E-state index contributed by atoms with van der Waals surface area (Å²) in [6.45, 7) is 0.142. The van der Waals surface area contributed by atoms with Gasteiger partial charge >= 0.3 is 18.2 Å². The van der Waals surface area contributed by atoms with Gasteiger partial charge in [0.2, 0.25) is 0 Å². The molecule has 3 aromatic carbocycles. The highest BCUT2D eigenvalue weighted by molar-refractivity contribution is 7.22. The molecule has 1 fully saturated rings. The number of hydrogen-bond donors (Lipinski definition) is 3. The lowest BCUT2D eigenvalue weighted by Gasteiger charge is -2.25. The zero-order valence-electron chi connectivity index (χ0n) is 23.7. The number of nitrogens with one attached hydrogen (secondary N) is 2. The van der Waals surface area contributed by atoms with Crippen LogP contribution < -0.4 is 15.5 Å². The highest BCUT2D eigenvalue weighted by atomic mass is 32.1. The number of rotatable bonds is 9. The van der Waals surface area contributed by atoms with Crippen molar-refractivity contribution in [3.63, 3.8) is 0 Å². The first-order chi connectivity index (χ1) is 21.1. The smallest absolute Gasteiger partial charge is 0.416 e. The van der Waals surface area contributed by atoms with Crippen molar-refractivity contribution in [3.05, 3.63) is 89.0 Å². The average Bonchev–Trinajstić information content (AvgIpc) is 3.41. The van der Waals surface area contributed by atoms with E-state index in [-0.39, 0.29) is 30.2 Å². The van der Waals surface area contributed by atoms with Crippen molar-refractivity contribution >= 4 is 50.3 Å². The van der Waals surface area contributed by atoms with Gasteiger partial charge in [-0.05, 0) is 72.4 Å². The Morgan fingerprint density at radius 2 is 1.66 bits per heavy atom. The molecule has 1 aromatic heterocycles. The van der Waals surface area contributed by atoms with Crippen molar-refractivity contribution in [3.8, 4) is 0 Å². The number of carbonyl (C=O) groups excluding carboxylic acids is 2. The maximum Gasteiger partial charge on any atom is 0.416 e. The van der Waals surface area contributed by atoms with Crippen LogP contribution in [-0.4, -0.2) is 34.5 Å². The van der Waals surface area contributed by atoms with Gasteiger partial charge in [-0.15, -0.1) is 0 Å². The molecule has 0 radical (unpaired) electrons. The van der Waals surface area contributed by atoms with Crippen molar-refractivity contribution < 1.29 is 32.7 Å². The highest BCUT2D eigenvalue weighted by Crippen LogP contribution is 2.35. The van der Waals surface area contributed by atoms with Crippen LogP contribution in [0.4, 0.5) is 28.8 Å². The summed E-state index contributed by atoms with van der Waals surface area (Å²) >= 11 is 1.08. The van der Waals surface area contributed by atoms with Gasteiger partial charge < -0.3 is 10.4 Å². The summed E-state index contributed by atoms with van der Waals surface area (Å²) in [6, 6.07) is 17.2. The van der Waals surface area contributed by atoms with Crippen molar-refractivity contribution in [2.45, 2.75) is 57.2 Å². The van der Waals surface area contributed by atoms with E-state index < -0.39 is 29.6 Å². The van der Waals surface area contributed by atoms with Crippen LogP contribution in [0.2, 0.25) is 0 Å². The largest absolute Gasteiger partial charge is 0.481 e. The van der Waals surface area contributed by atoms with Gasteiger partial charge in [-0.25, -0.2) is 9.78 Å². The van der Waals surface area contributed by atoms with Crippen LogP contribution in [0.5, 0.6) is 0 Å². The Balaban J connectivity index is 1.36. The van der Waals surface area contributed by atoms with E-state index in [1.165, 1.54) is 35.8 Å². The first-order valence-electron chi connectivity index (χ1n) is 14.3. The Labute approximate surface area is 255 Å². The lowest BCUT2D eigenvalue weighted by Crippen LogP contribution is -2.34. The summed E-state index contributed by atoms with van der Waals surface area (Å²) < 4.78 is 40.1. The normalized spacial score (nSPS) is 13.9. The van der Waals surface area contributed by atoms with E-state index in [0.29, 0.717) is 21.9 Å². The number of alkyl halides is 3. The fraction of sp³-hybridized carbons (Fsp3) is 0.312. The number of halogens is 3. The summed E-state index contributed by atoms with van der Waals surface area (Å²) in [5.74, 6) is -0.934. The molecule has 3 N–H and O–H groups in total. The Bertz CT molecular complexity index is 1630. The second-order valence-electron chi connectivity index (χ2n) is 10.7. The van der Waals surface area contributed by atoms with Crippen LogP contribution in [0.1, 0.15) is 71.5 Å². The molecule has 12 heteroatoms. The third kappa shape index (κ3) is 7.73. The quantitative estimate of drug-likeness (QED) is 0.176. The number of benzene rings is 3. The van der Waals surface area contributed by atoms with E-state index >= 15 is 0 Å². The second kappa shape index (κ2) is 13.5. The molecule has 0 aliphatic heterocycles. The number of aromatic nitrogens is 1. The summed E-state index contributed by atoms with van der Waals surface area (Å²) in [5, 5.41) is 14.2. The minimum atomic E-state index is -4.50.